The van der Waals surface area contributed by atoms with Crippen molar-refractivity contribution in [3.05, 3.63) is 35.1 Å². The topological polar surface area (TPSA) is 46.3 Å². The lowest BCUT2D eigenvalue weighted by Crippen LogP contribution is -2.35. The quantitative estimate of drug-likeness (QED) is 0.868. The molecule has 2 atom stereocenters. The van der Waals surface area contributed by atoms with E-state index in [2.05, 4.69) is 0 Å². The van der Waals surface area contributed by atoms with Crippen molar-refractivity contribution in [3.63, 3.8) is 0 Å². The molecule has 1 heterocycles. The summed E-state index contributed by atoms with van der Waals surface area (Å²) < 4.78 is 13.4. The minimum Gasteiger partial charge on any atom is -0.331 e. The average Bonchev–Trinajstić information content (AvgIpc) is 3.09. The summed E-state index contributed by atoms with van der Waals surface area (Å²) in [5.74, 6) is -0.156. The lowest BCUT2D eigenvalue weighted by Gasteiger charge is -2.28. The second-order valence-corrected chi connectivity index (χ2v) is 5.35. The fourth-order valence-electron chi connectivity index (χ4n) is 2.87. The Hall–Kier alpha value is -1.42. The van der Waals surface area contributed by atoms with Gasteiger partial charge in [0.25, 0.3) is 0 Å². The van der Waals surface area contributed by atoms with Crippen LogP contribution in [0.1, 0.15) is 36.4 Å². The van der Waals surface area contributed by atoms with Gasteiger partial charge in [-0.05, 0) is 43.0 Å². The monoisotopic (exact) mass is 248 g/mol. The van der Waals surface area contributed by atoms with Crippen LogP contribution in [0, 0.1) is 12.7 Å². The van der Waals surface area contributed by atoms with E-state index in [0.29, 0.717) is 12.5 Å². The zero-order valence-corrected chi connectivity index (χ0v) is 10.4. The molecule has 3 nitrogen and oxygen atoms in total. The number of amides is 1. The van der Waals surface area contributed by atoms with Gasteiger partial charge in [0.2, 0.25) is 5.91 Å². The number of carbonyl (C=O) groups excluding carboxylic acids is 1. The molecule has 3 rings (SSSR count). The van der Waals surface area contributed by atoms with Crippen LogP contribution in [0.2, 0.25) is 0 Å². The molecule has 18 heavy (non-hydrogen) atoms. The molecule has 4 heteroatoms. The van der Waals surface area contributed by atoms with Gasteiger partial charge < -0.3 is 10.6 Å². The molecular formula is C14H17FN2O. The predicted molar refractivity (Wildman–Crippen MR) is 66.3 cm³/mol. The minimum absolute atomic E-state index is 0.110. The van der Waals surface area contributed by atoms with Crippen LogP contribution in [0.3, 0.4) is 0 Å². The van der Waals surface area contributed by atoms with Crippen molar-refractivity contribution in [3.8, 4) is 0 Å². The zero-order chi connectivity index (χ0) is 12.9. The van der Waals surface area contributed by atoms with Gasteiger partial charge in [0.15, 0.2) is 0 Å². The highest BCUT2D eigenvalue weighted by atomic mass is 19.1. The van der Waals surface area contributed by atoms with Gasteiger partial charge in [-0.25, -0.2) is 4.39 Å². The van der Waals surface area contributed by atoms with Gasteiger partial charge in [0.05, 0.1) is 6.04 Å². The standard InChI is InChI=1S/C14H17FN2O/c1-8-2-3-9(15)6-11(8)14-12(16)7-13(18)17(14)10-4-5-10/h2-3,6,10,12,14H,4-5,7,16H2,1H3. The largest absolute Gasteiger partial charge is 0.331 e. The molecule has 1 aliphatic heterocycles. The van der Waals surface area contributed by atoms with E-state index in [4.69, 9.17) is 5.73 Å². The van der Waals surface area contributed by atoms with E-state index >= 15 is 0 Å². The Morgan fingerprint density at radius 2 is 2.11 bits per heavy atom. The first-order valence-electron chi connectivity index (χ1n) is 6.40. The summed E-state index contributed by atoms with van der Waals surface area (Å²) in [6, 6.07) is 4.67. The fraction of sp³-hybridized carbons (Fsp3) is 0.500. The number of likely N-dealkylation sites (tertiary alicyclic amines) is 1. The molecule has 2 N–H and O–H groups in total. The van der Waals surface area contributed by atoms with Crippen molar-refractivity contribution in [1.82, 2.24) is 4.90 Å². The van der Waals surface area contributed by atoms with Crippen LogP contribution in [0.4, 0.5) is 4.39 Å². The van der Waals surface area contributed by atoms with Crippen molar-refractivity contribution in [2.45, 2.75) is 44.3 Å². The molecule has 96 valence electrons. The van der Waals surface area contributed by atoms with E-state index in [1.165, 1.54) is 12.1 Å². The summed E-state index contributed by atoms with van der Waals surface area (Å²) in [6.45, 7) is 1.94. The Balaban J connectivity index is 2.02. The number of benzene rings is 1. The maximum Gasteiger partial charge on any atom is 0.225 e. The molecule has 0 aromatic heterocycles. The zero-order valence-electron chi connectivity index (χ0n) is 10.4. The fourth-order valence-corrected chi connectivity index (χ4v) is 2.87. The Morgan fingerprint density at radius 1 is 1.39 bits per heavy atom. The van der Waals surface area contributed by atoms with E-state index < -0.39 is 0 Å². The molecule has 1 amide bonds. The van der Waals surface area contributed by atoms with Gasteiger partial charge in [0.1, 0.15) is 5.82 Å². The second kappa shape index (κ2) is 4.05. The van der Waals surface area contributed by atoms with E-state index in [1.807, 2.05) is 11.8 Å². The van der Waals surface area contributed by atoms with Crippen LogP contribution in [0.25, 0.3) is 0 Å². The van der Waals surface area contributed by atoms with Gasteiger partial charge >= 0.3 is 0 Å². The summed E-state index contributed by atoms with van der Waals surface area (Å²) >= 11 is 0. The van der Waals surface area contributed by atoms with Gasteiger partial charge in [0, 0.05) is 18.5 Å². The predicted octanol–water partition coefficient (Wildman–Crippen LogP) is 1.90. The Labute approximate surface area is 106 Å². The molecule has 2 fully saturated rings. The highest BCUT2D eigenvalue weighted by Crippen LogP contribution is 2.41. The third kappa shape index (κ3) is 1.81. The van der Waals surface area contributed by atoms with Crippen LogP contribution >= 0.6 is 0 Å². The first kappa shape index (κ1) is 11.7. The molecule has 1 aliphatic carbocycles. The molecule has 1 saturated carbocycles. The highest BCUT2D eigenvalue weighted by Gasteiger charge is 2.46. The van der Waals surface area contributed by atoms with Crippen LogP contribution in [0.5, 0.6) is 0 Å². The van der Waals surface area contributed by atoms with Crippen molar-refractivity contribution in [2.75, 3.05) is 0 Å². The Morgan fingerprint density at radius 3 is 2.78 bits per heavy atom. The maximum atomic E-state index is 13.4. The summed E-state index contributed by atoms with van der Waals surface area (Å²) in [5, 5.41) is 0. The Kier molecular flexibility index (Phi) is 2.63. The summed E-state index contributed by atoms with van der Waals surface area (Å²) in [4.78, 5) is 13.9. The highest BCUT2D eigenvalue weighted by molar-refractivity contribution is 5.81. The van der Waals surface area contributed by atoms with Gasteiger partial charge in [-0.2, -0.15) is 0 Å². The summed E-state index contributed by atoms with van der Waals surface area (Å²) in [6.07, 6.45) is 2.46. The SMILES string of the molecule is Cc1ccc(F)cc1C1C(N)CC(=O)N1C1CC1. The number of hydrogen-bond acceptors (Lipinski definition) is 2. The van der Waals surface area contributed by atoms with Crippen molar-refractivity contribution >= 4 is 5.91 Å². The number of nitrogens with two attached hydrogens (primary N) is 1. The van der Waals surface area contributed by atoms with Crippen LogP contribution < -0.4 is 5.73 Å². The number of carbonyl (C=O) groups is 1. The molecule has 0 spiro atoms. The van der Waals surface area contributed by atoms with Crippen molar-refractivity contribution < 1.29 is 9.18 Å². The molecule has 1 aromatic rings. The second-order valence-electron chi connectivity index (χ2n) is 5.35. The molecule has 2 aliphatic rings. The third-order valence-electron chi connectivity index (χ3n) is 3.90. The number of halogens is 1. The van der Waals surface area contributed by atoms with Crippen molar-refractivity contribution in [2.24, 2.45) is 5.73 Å². The maximum absolute atomic E-state index is 13.4. The number of aryl methyl sites for hydroxylation is 1. The molecule has 1 saturated heterocycles. The molecule has 0 radical (unpaired) electrons. The number of nitrogens with zero attached hydrogens (tertiary/aromatic N) is 1. The molecule has 1 aromatic carbocycles. The number of hydrogen-bond donors (Lipinski definition) is 1. The first-order chi connectivity index (χ1) is 8.58. The normalized spacial score (nSPS) is 27.9. The third-order valence-corrected chi connectivity index (χ3v) is 3.90. The van der Waals surface area contributed by atoms with Crippen LogP contribution in [0.15, 0.2) is 18.2 Å². The lowest BCUT2D eigenvalue weighted by atomic mass is 9.96. The van der Waals surface area contributed by atoms with Gasteiger partial charge in [-0.15, -0.1) is 0 Å². The number of rotatable bonds is 2. The van der Waals surface area contributed by atoms with E-state index in [0.717, 1.165) is 24.0 Å². The summed E-state index contributed by atoms with van der Waals surface area (Å²) in [5.41, 5.74) is 7.95. The van der Waals surface area contributed by atoms with Gasteiger partial charge in [-0.1, -0.05) is 6.07 Å². The van der Waals surface area contributed by atoms with Crippen LogP contribution in [-0.2, 0) is 4.79 Å². The lowest BCUT2D eigenvalue weighted by molar-refractivity contribution is -0.129. The van der Waals surface area contributed by atoms with E-state index in [9.17, 15) is 9.18 Å². The molecule has 2 unspecified atom stereocenters. The van der Waals surface area contributed by atoms with Gasteiger partial charge in [-0.3, -0.25) is 4.79 Å². The minimum atomic E-state index is -0.266. The summed E-state index contributed by atoms with van der Waals surface area (Å²) in [7, 11) is 0. The van der Waals surface area contributed by atoms with E-state index in [1.54, 1.807) is 6.07 Å². The van der Waals surface area contributed by atoms with Crippen molar-refractivity contribution in [1.29, 1.82) is 0 Å². The molecule has 0 bridgehead atoms. The smallest absolute Gasteiger partial charge is 0.225 e. The average molecular weight is 248 g/mol. The Bertz CT molecular complexity index is 499. The van der Waals surface area contributed by atoms with E-state index in [-0.39, 0.29) is 23.8 Å². The first-order valence-corrected chi connectivity index (χ1v) is 6.40. The molecular weight excluding hydrogens is 231 g/mol. The van der Waals surface area contributed by atoms with Crippen LogP contribution in [-0.4, -0.2) is 22.9 Å².